The van der Waals surface area contributed by atoms with Crippen molar-refractivity contribution < 1.29 is 14.3 Å². The van der Waals surface area contributed by atoms with Crippen molar-refractivity contribution in [2.75, 3.05) is 17.2 Å². The van der Waals surface area contributed by atoms with E-state index in [0.29, 0.717) is 72.6 Å². The third-order valence-electron chi connectivity index (χ3n) is 7.47. The first kappa shape index (κ1) is 32.8. The van der Waals surface area contributed by atoms with Gasteiger partial charge in [0.2, 0.25) is 11.1 Å². The number of ether oxygens (including phenoxy) is 2. The van der Waals surface area contributed by atoms with Crippen molar-refractivity contribution in [1.82, 2.24) is 14.8 Å². The summed E-state index contributed by atoms with van der Waals surface area (Å²) < 4.78 is 13.5. The molecule has 0 fully saturated rings. The number of nitrogens with zero attached hydrogens (tertiary/aromatic N) is 3. The number of rotatable bonds is 11. The molecule has 0 radical (unpaired) electrons. The van der Waals surface area contributed by atoms with E-state index in [1.807, 2.05) is 86.6 Å². The number of thioether (sulfide) groups is 1. The molecular weight excluding hydrogens is 677 g/mol. The zero-order valence-corrected chi connectivity index (χ0v) is 28.6. The highest BCUT2D eigenvalue weighted by molar-refractivity contribution is 7.98. The van der Waals surface area contributed by atoms with Crippen molar-refractivity contribution >= 4 is 64.1 Å². The Morgan fingerprint density at radius 2 is 1.62 bits per heavy atom. The van der Waals surface area contributed by atoms with Gasteiger partial charge in [-0.2, -0.15) is 4.98 Å². The second-order valence-electron chi connectivity index (χ2n) is 10.6. The van der Waals surface area contributed by atoms with Gasteiger partial charge in [-0.25, -0.2) is 4.68 Å². The first-order valence-electron chi connectivity index (χ1n) is 14.8. The van der Waals surface area contributed by atoms with Crippen molar-refractivity contribution in [3.8, 4) is 11.5 Å². The fourth-order valence-corrected chi connectivity index (χ4v) is 6.79. The molecule has 1 amide bonds. The second kappa shape index (κ2) is 14.7. The van der Waals surface area contributed by atoms with Gasteiger partial charge in [-0.05, 0) is 67.4 Å². The number of halogens is 3. The Kier molecular flexibility index (Phi) is 10.3. The van der Waals surface area contributed by atoms with Crippen LogP contribution in [0.5, 0.6) is 11.5 Å². The number of benzene rings is 4. The highest BCUT2D eigenvalue weighted by atomic mass is 35.5. The topological polar surface area (TPSA) is 90.3 Å². The zero-order valence-electron chi connectivity index (χ0n) is 25.5. The number of hydrogen-bond acceptors (Lipinski definition) is 7. The summed E-state index contributed by atoms with van der Waals surface area (Å²) in [6.07, 6.45) is 0. The van der Waals surface area contributed by atoms with Crippen LogP contribution in [0.4, 0.5) is 11.6 Å². The molecule has 5 aromatic rings. The lowest BCUT2D eigenvalue weighted by Crippen LogP contribution is -2.31. The summed E-state index contributed by atoms with van der Waals surface area (Å²) in [5.74, 6) is 2.01. The molecule has 1 aliphatic rings. The minimum Gasteiger partial charge on any atom is -0.492 e. The molecule has 6 rings (SSSR count). The Labute approximate surface area is 292 Å². The Hall–Kier alpha value is -4.15. The number of carbonyl (C=O) groups excluding carboxylic acids is 1. The number of fused-ring (bicyclic) bond motifs is 1. The zero-order chi connectivity index (χ0) is 32.9. The number of hydrogen-bond donors (Lipinski definition) is 2. The summed E-state index contributed by atoms with van der Waals surface area (Å²) in [6.45, 7) is 4.43. The molecule has 0 saturated heterocycles. The normalized spacial score (nSPS) is 13.9. The van der Waals surface area contributed by atoms with Gasteiger partial charge in [-0.3, -0.25) is 4.79 Å². The molecular formula is C35H30Cl3N5O3S. The monoisotopic (exact) mass is 705 g/mol. The maximum absolute atomic E-state index is 14.1. The summed E-state index contributed by atoms with van der Waals surface area (Å²) in [5, 5.41) is 13.5. The van der Waals surface area contributed by atoms with Gasteiger partial charge < -0.3 is 20.1 Å². The average molecular weight is 707 g/mol. The van der Waals surface area contributed by atoms with Crippen LogP contribution in [0.1, 0.15) is 36.6 Å². The first-order chi connectivity index (χ1) is 22.8. The lowest BCUT2D eigenvalue weighted by molar-refractivity contribution is -0.113. The Bertz CT molecular complexity index is 1930. The molecule has 1 atom stereocenters. The minimum atomic E-state index is -0.597. The number of para-hydroxylation sites is 2. The smallest absolute Gasteiger partial charge is 0.255 e. The van der Waals surface area contributed by atoms with Crippen LogP contribution in [0.15, 0.2) is 107 Å². The summed E-state index contributed by atoms with van der Waals surface area (Å²) in [5.41, 5.74) is 4.20. The standard InChI is InChI=1S/C35H30Cl3N5O3S/c1-3-45-30-14-7-6-13-29(30)40-33(44)31-21(2)39-34-41-35(47-20-23-9-4-5-10-26(23)36)42-43(34)32(31)22-15-17-24(18-16-22)46-19-25-27(37)11-8-12-28(25)38/h4-18,32H,3,19-20H2,1-2H3,(H,40,44)(H,39,41,42). The lowest BCUT2D eigenvalue weighted by atomic mass is 9.95. The number of amides is 1. The molecule has 1 unspecified atom stereocenters. The first-order valence-corrected chi connectivity index (χ1v) is 16.9. The molecule has 0 bridgehead atoms. The van der Waals surface area contributed by atoms with Crippen LogP contribution in [0.25, 0.3) is 0 Å². The Morgan fingerprint density at radius 1 is 0.915 bits per heavy atom. The molecule has 240 valence electrons. The van der Waals surface area contributed by atoms with Crippen molar-refractivity contribution in [3.05, 3.63) is 134 Å². The van der Waals surface area contributed by atoms with Crippen LogP contribution >= 0.6 is 46.6 Å². The molecule has 0 saturated carbocycles. The van der Waals surface area contributed by atoms with E-state index in [0.717, 1.165) is 11.1 Å². The highest BCUT2D eigenvalue weighted by Crippen LogP contribution is 2.38. The van der Waals surface area contributed by atoms with Crippen LogP contribution < -0.4 is 20.1 Å². The summed E-state index contributed by atoms with van der Waals surface area (Å²) in [4.78, 5) is 18.8. The van der Waals surface area contributed by atoms with Crippen LogP contribution in [0.2, 0.25) is 15.1 Å². The summed E-state index contributed by atoms with van der Waals surface area (Å²) in [6, 6.07) is 27.3. The van der Waals surface area contributed by atoms with Crippen molar-refractivity contribution in [3.63, 3.8) is 0 Å². The summed E-state index contributed by atoms with van der Waals surface area (Å²) >= 11 is 20.5. The van der Waals surface area contributed by atoms with E-state index in [-0.39, 0.29) is 12.5 Å². The maximum atomic E-state index is 14.1. The number of carbonyl (C=O) groups is 1. The largest absolute Gasteiger partial charge is 0.492 e. The SMILES string of the molecule is CCOc1ccccc1NC(=O)C1=C(C)Nc2nc(SCc3ccccc3Cl)nn2C1c1ccc(OCc2c(Cl)cccc2Cl)cc1. The van der Waals surface area contributed by atoms with Crippen LogP contribution in [-0.2, 0) is 17.2 Å². The molecule has 2 heterocycles. The third-order valence-corrected chi connectivity index (χ3v) is 9.43. The predicted octanol–water partition coefficient (Wildman–Crippen LogP) is 9.44. The third kappa shape index (κ3) is 7.39. The minimum absolute atomic E-state index is 0.205. The van der Waals surface area contributed by atoms with Gasteiger partial charge in [-0.15, -0.1) is 5.10 Å². The van der Waals surface area contributed by atoms with E-state index in [2.05, 4.69) is 10.6 Å². The molecule has 0 spiro atoms. The van der Waals surface area contributed by atoms with Gasteiger partial charge >= 0.3 is 0 Å². The second-order valence-corrected chi connectivity index (χ2v) is 12.7. The molecule has 12 heteroatoms. The number of anilines is 2. The molecule has 1 aliphatic heterocycles. The quantitative estimate of drug-likeness (QED) is 0.132. The average Bonchev–Trinajstić information content (AvgIpc) is 3.47. The van der Waals surface area contributed by atoms with Crippen molar-refractivity contribution in [1.29, 1.82) is 0 Å². The van der Waals surface area contributed by atoms with Gasteiger partial charge in [0.25, 0.3) is 5.91 Å². The number of allylic oxidation sites excluding steroid dienone is 1. The van der Waals surface area contributed by atoms with Gasteiger partial charge in [-0.1, -0.05) is 95.1 Å². The fraction of sp³-hybridized carbons (Fsp3) is 0.171. The highest BCUT2D eigenvalue weighted by Gasteiger charge is 2.35. The van der Waals surface area contributed by atoms with Gasteiger partial charge in [0, 0.05) is 32.1 Å². The van der Waals surface area contributed by atoms with Crippen LogP contribution in [0, 0.1) is 0 Å². The van der Waals surface area contributed by atoms with Gasteiger partial charge in [0.1, 0.15) is 24.1 Å². The van der Waals surface area contributed by atoms with E-state index < -0.39 is 6.04 Å². The van der Waals surface area contributed by atoms with Crippen molar-refractivity contribution in [2.45, 2.75) is 37.4 Å². The molecule has 1 aromatic heterocycles. The van der Waals surface area contributed by atoms with E-state index in [4.69, 9.17) is 54.4 Å². The van der Waals surface area contributed by atoms with Crippen molar-refractivity contribution in [2.24, 2.45) is 0 Å². The molecule has 47 heavy (non-hydrogen) atoms. The molecule has 0 aliphatic carbocycles. The Morgan fingerprint density at radius 3 is 2.36 bits per heavy atom. The fourth-order valence-electron chi connectivity index (χ4n) is 5.17. The molecule has 4 aromatic carbocycles. The van der Waals surface area contributed by atoms with Gasteiger partial charge in [0.15, 0.2) is 0 Å². The van der Waals surface area contributed by atoms with E-state index in [1.54, 1.807) is 22.9 Å². The predicted molar refractivity (Wildman–Crippen MR) is 189 cm³/mol. The lowest BCUT2D eigenvalue weighted by Gasteiger charge is -2.29. The Balaban J connectivity index is 1.31. The van der Waals surface area contributed by atoms with Crippen LogP contribution in [-0.4, -0.2) is 27.3 Å². The summed E-state index contributed by atoms with van der Waals surface area (Å²) in [7, 11) is 0. The van der Waals surface area contributed by atoms with E-state index in [9.17, 15) is 4.79 Å². The van der Waals surface area contributed by atoms with E-state index >= 15 is 0 Å². The molecule has 8 nitrogen and oxygen atoms in total. The van der Waals surface area contributed by atoms with Gasteiger partial charge in [0.05, 0.1) is 17.9 Å². The van der Waals surface area contributed by atoms with Crippen LogP contribution in [0.3, 0.4) is 0 Å². The molecule has 2 N–H and O–H groups in total. The number of aromatic nitrogens is 3. The number of nitrogens with one attached hydrogen (secondary N) is 2. The maximum Gasteiger partial charge on any atom is 0.255 e. The van der Waals surface area contributed by atoms with E-state index in [1.165, 1.54) is 11.8 Å².